The van der Waals surface area contributed by atoms with Gasteiger partial charge in [-0.3, -0.25) is 15.5 Å². The first-order valence-electron chi connectivity index (χ1n) is 10.6. The molecule has 39 heavy (non-hydrogen) atoms. The molecule has 20 heteroatoms. The molecule has 0 aromatic carbocycles. The summed E-state index contributed by atoms with van der Waals surface area (Å²) in [6.07, 6.45) is -7.25. The van der Waals surface area contributed by atoms with Gasteiger partial charge < -0.3 is 25.3 Å². The summed E-state index contributed by atoms with van der Waals surface area (Å²) in [5.74, 6) is -15.2. The first-order chi connectivity index (χ1) is 17.9. The second-order valence-electron chi connectivity index (χ2n) is 7.94. The zero-order valence-electron chi connectivity index (χ0n) is 20.6. The summed E-state index contributed by atoms with van der Waals surface area (Å²) in [7, 11) is 1.01. The van der Waals surface area contributed by atoms with E-state index < -0.39 is 90.0 Å². The number of aliphatic hydroxyl groups is 4. The molecule has 1 amide bonds. The molecular weight excluding hydrogens is 542 g/mol. The Morgan fingerprint density at radius 2 is 1.26 bits per heavy atom. The summed E-state index contributed by atoms with van der Waals surface area (Å²) in [4.78, 5) is 110. The zero-order valence-corrected chi connectivity index (χ0v) is 20.6. The van der Waals surface area contributed by atoms with Crippen LogP contribution in [0.1, 0.15) is 27.2 Å². The molecule has 0 bridgehead atoms. The average Bonchev–Trinajstić information content (AvgIpc) is 3.09. The van der Waals surface area contributed by atoms with Crippen LogP contribution in [0, 0.1) is 11.3 Å². The van der Waals surface area contributed by atoms with Crippen LogP contribution in [0.3, 0.4) is 0 Å². The summed E-state index contributed by atoms with van der Waals surface area (Å²) in [6, 6.07) is -2.09. The van der Waals surface area contributed by atoms with Gasteiger partial charge in [0.2, 0.25) is 5.91 Å². The van der Waals surface area contributed by atoms with Crippen molar-refractivity contribution in [3.8, 4) is 0 Å². The number of guanidine groups is 1. The molecule has 1 aliphatic heterocycles. The number of carbonyl (C=O) groups is 7. The van der Waals surface area contributed by atoms with Gasteiger partial charge in [0.1, 0.15) is 12.0 Å². The second-order valence-corrected chi connectivity index (χ2v) is 7.94. The number of aliphatic hydroxyl groups excluding tert-OH is 3. The lowest BCUT2D eigenvalue weighted by molar-refractivity contribution is -0.289. The minimum Gasteiger partial charge on any atom is -0.382 e. The van der Waals surface area contributed by atoms with Gasteiger partial charge in [0.15, 0.2) is 29.9 Å². The lowest BCUT2D eigenvalue weighted by Gasteiger charge is -2.34. The van der Waals surface area contributed by atoms with Crippen molar-refractivity contribution in [1.29, 1.82) is 5.41 Å². The van der Waals surface area contributed by atoms with Gasteiger partial charge in [-0.1, -0.05) is 0 Å². The lowest BCUT2D eigenvalue weighted by Crippen LogP contribution is -2.60. The van der Waals surface area contributed by atoms with Crippen LogP contribution in [0.15, 0.2) is 0 Å². The Morgan fingerprint density at radius 1 is 0.846 bits per heavy atom. The monoisotopic (exact) mass is 567 g/mol. The van der Waals surface area contributed by atoms with Gasteiger partial charge >= 0.3 is 35.8 Å². The Morgan fingerprint density at radius 3 is 1.67 bits per heavy atom. The van der Waals surface area contributed by atoms with Crippen molar-refractivity contribution >= 4 is 47.7 Å². The highest BCUT2D eigenvalue weighted by atomic mass is 17.2. The van der Waals surface area contributed by atoms with E-state index in [4.69, 9.17) is 10.5 Å². The fourth-order valence-electron chi connectivity index (χ4n) is 2.69. The molecule has 1 fully saturated rings. The number of likely N-dealkylation sites (N-methyl/N-ethyl adjacent to an activating group) is 1. The second kappa shape index (κ2) is 13.4. The van der Waals surface area contributed by atoms with E-state index >= 15 is 0 Å². The molecule has 20 nitrogen and oxygen atoms in total. The summed E-state index contributed by atoms with van der Waals surface area (Å²) < 4.78 is 0. The Labute approximate surface area is 217 Å². The molecule has 6 unspecified atom stereocenters. The fourth-order valence-corrected chi connectivity index (χ4v) is 2.69. The highest BCUT2D eigenvalue weighted by Gasteiger charge is 2.61. The van der Waals surface area contributed by atoms with Crippen LogP contribution >= 0.6 is 0 Å². The third-order valence-electron chi connectivity index (χ3n) is 4.78. The fraction of sp³-hybridized carbons (Fsp3) is 0.579. The molecule has 218 valence electrons. The molecule has 0 radical (unpaired) electrons. The Kier molecular flexibility index (Phi) is 11.2. The normalized spacial score (nSPS) is 19.3. The van der Waals surface area contributed by atoms with E-state index in [0.29, 0.717) is 4.90 Å². The molecule has 1 rings (SSSR count). The van der Waals surface area contributed by atoms with Crippen molar-refractivity contribution in [2.75, 3.05) is 7.05 Å². The summed E-state index contributed by atoms with van der Waals surface area (Å²) in [5.41, 5.74) is -3.66. The van der Waals surface area contributed by atoms with E-state index in [1.54, 1.807) is 0 Å². The third kappa shape index (κ3) is 8.29. The summed E-state index contributed by atoms with van der Waals surface area (Å²) in [6.45, 7) is 2.71. The van der Waals surface area contributed by atoms with Crippen molar-refractivity contribution in [2.45, 2.75) is 57.1 Å². The SMILES string of the molecule is CC(O)C(=O)OOC(=O)CC(O)(C(=O)OOC(=O)C(C)O)C(C(=O)OOC(=O)C(C)O)C1C(=O)NC(=N)N1C. The number of amides is 1. The van der Waals surface area contributed by atoms with Crippen LogP contribution in [0.25, 0.3) is 0 Å². The van der Waals surface area contributed by atoms with Crippen LogP contribution in [-0.2, 0) is 62.9 Å². The van der Waals surface area contributed by atoms with Gasteiger partial charge in [-0.2, -0.15) is 0 Å². The molecule has 1 aliphatic rings. The van der Waals surface area contributed by atoms with Gasteiger partial charge in [0.05, 0.1) is 6.42 Å². The van der Waals surface area contributed by atoms with E-state index in [9.17, 15) is 48.9 Å². The predicted molar refractivity (Wildman–Crippen MR) is 112 cm³/mol. The number of hydrogen-bond acceptors (Lipinski definition) is 18. The topological polar surface area (TPSA) is 295 Å². The highest BCUT2D eigenvalue weighted by molar-refractivity contribution is 6.08. The zero-order chi connectivity index (χ0) is 30.2. The lowest BCUT2D eigenvalue weighted by atomic mass is 9.79. The van der Waals surface area contributed by atoms with E-state index in [1.807, 2.05) is 5.32 Å². The minimum absolute atomic E-state index is 0.670. The maximum Gasteiger partial charge on any atom is 0.388 e. The molecule has 0 saturated carbocycles. The van der Waals surface area contributed by atoms with Crippen LogP contribution < -0.4 is 5.32 Å². The van der Waals surface area contributed by atoms with Gasteiger partial charge in [0.25, 0.3) is 0 Å². The van der Waals surface area contributed by atoms with Crippen molar-refractivity contribution < 1.29 is 83.3 Å². The van der Waals surface area contributed by atoms with E-state index in [0.717, 1.165) is 27.8 Å². The molecule has 0 aromatic rings. The van der Waals surface area contributed by atoms with Crippen molar-refractivity contribution in [3.05, 3.63) is 0 Å². The Bertz CT molecular complexity index is 1020. The van der Waals surface area contributed by atoms with E-state index in [1.165, 1.54) is 0 Å². The Balaban J connectivity index is 3.53. The van der Waals surface area contributed by atoms with E-state index in [2.05, 4.69) is 29.3 Å². The number of nitrogens with zero attached hydrogens (tertiary/aromatic N) is 1. The maximum atomic E-state index is 12.9. The van der Waals surface area contributed by atoms with Gasteiger partial charge in [0, 0.05) is 7.05 Å². The minimum atomic E-state index is -3.66. The van der Waals surface area contributed by atoms with Crippen LogP contribution in [0.2, 0.25) is 0 Å². The number of nitrogens with one attached hydrogen (secondary N) is 2. The molecule has 1 saturated heterocycles. The largest absolute Gasteiger partial charge is 0.388 e. The number of carbonyl (C=O) groups excluding carboxylic acids is 7. The van der Waals surface area contributed by atoms with Crippen molar-refractivity contribution in [3.63, 3.8) is 0 Å². The first-order valence-corrected chi connectivity index (χ1v) is 10.6. The van der Waals surface area contributed by atoms with Crippen molar-refractivity contribution in [2.24, 2.45) is 5.92 Å². The van der Waals surface area contributed by atoms with Crippen LogP contribution in [0.4, 0.5) is 0 Å². The highest BCUT2D eigenvalue weighted by Crippen LogP contribution is 2.33. The van der Waals surface area contributed by atoms with Gasteiger partial charge in [-0.05, 0) is 20.8 Å². The van der Waals surface area contributed by atoms with Gasteiger partial charge in [-0.25, -0.2) is 58.1 Å². The molecular formula is C19H25N3O17. The van der Waals surface area contributed by atoms with Crippen LogP contribution in [-0.4, -0.2) is 110 Å². The summed E-state index contributed by atoms with van der Waals surface area (Å²) >= 11 is 0. The molecule has 1 heterocycles. The molecule has 0 aliphatic carbocycles. The molecule has 6 N–H and O–H groups in total. The number of hydrogen-bond donors (Lipinski definition) is 6. The first kappa shape index (κ1) is 32.6. The van der Waals surface area contributed by atoms with Gasteiger partial charge in [-0.15, -0.1) is 0 Å². The van der Waals surface area contributed by atoms with Crippen LogP contribution in [0.5, 0.6) is 0 Å². The maximum absolute atomic E-state index is 12.9. The molecule has 6 atom stereocenters. The number of rotatable bonds is 9. The summed E-state index contributed by atoms with van der Waals surface area (Å²) in [5, 5.41) is 48.4. The third-order valence-corrected chi connectivity index (χ3v) is 4.78. The standard InChI is InChI=1S/C19H25N3O17/c1-6(23)13(28)35-34-9(26)5-19(33,17(32)39-37-15(30)8(3)25)10(11-12(27)21-18(20)22(11)4)16(31)38-36-14(29)7(2)24/h6-8,10-11,23-25,33H,5H2,1-4H3,(H2,20,21,27). The van der Waals surface area contributed by atoms with E-state index in [-0.39, 0.29) is 0 Å². The predicted octanol–water partition coefficient (Wildman–Crippen LogP) is -4.76. The molecule has 0 aromatic heterocycles. The quantitative estimate of drug-likeness (QED) is 0.112. The average molecular weight is 567 g/mol. The van der Waals surface area contributed by atoms with Crippen molar-refractivity contribution in [1.82, 2.24) is 10.2 Å². The Hall–Kier alpha value is -4.40. The molecule has 0 spiro atoms. The smallest absolute Gasteiger partial charge is 0.382 e.